The summed E-state index contributed by atoms with van der Waals surface area (Å²) in [4.78, 5) is 21.0. The van der Waals surface area contributed by atoms with Crippen LogP contribution in [-0.4, -0.2) is 17.6 Å². The molecule has 0 aromatic heterocycles. The molecule has 1 aromatic rings. The van der Waals surface area contributed by atoms with Gasteiger partial charge in [0.1, 0.15) is 5.02 Å². The van der Waals surface area contributed by atoms with E-state index >= 15 is 0 Å². The Morgan fingerprint density at radius 1 is 1.62 bits per heavy atom. The molecule has 16 heavy (non-hydrogen) atoms. The maximum atomic E-state index is 11.0. The Bertz CT molecular complexity index is 422. The maximum Gasteiger partial charge on any atom is 0.411 e. The molecule has 0 fully saturated rings. The van der Waals surface area contributed by atoms with Crippen molar-refractivity contribution in [1.82, 2.24) is 0 Å². The van der Waals surface area contributed by atoms with Gasteiger partial charge < -0.3 is 4.74 Å². The second-order valence-corrected chi connectivity index (χ2v) is 3.18. The Balaban J connectivity index is 2.87. The van der Waals surface area contributed by atoms with Gasteiger partial charge in [-0.3, -0.25) is 15.4 Å². The molecule has 7 heteroatoms. The summed E-state index contributed by atoms with van der Waals surface area (Å²) >= 11 is 5.60. The highest BCUT2D eigenvalue weighted by molar-refractivity contribution is 6.32. The van der Waals surface area contributed by atoms with Gasteiger partial charge in [0.25, 0.3) is 5.69 Å². The first-order valence-electron chi connectivity index (χ1n) is 4.42. The largest absolute Gasteiger partial charge is 0.450 e. The maximum absolute atomic E-state index is 11.0. The van der Waals surface area contributed by atoms with Crippen LogP contribution in [0.1, 0.15) is 6.92 Å². The van der Waals surface area contributed by atoms with Crippen LogP contribution in [0.4, 0.5) is 16.2 Å². The Kier molecular flexibility index (Phi) is 4.07. The molecular weight excluding hydrogens is 236 g/mol. The Morgan fingerprint density at radius 3 is 2.88 bits per heavy atom. The van der Waals surface area contributed by atoms with Gasteiger partial charge in [0.15, 0.2) is 0 Å². The number of rotatable bonds is 3. The van der Waals surface area contributed by atoms with Gasteiger partial charge in [-0.2, -0.15) is 0 Å². The van der Waals surface area contributed by atoms with E-state index in [1.807, 2.05) is 0 Å². The number of carbonyl (C=O) groups excluding carboxylic acids is 1. The van der Waals surface area contributed by atoms with Crippen LogP contribution in [0.2, 0.25) is 5.02 Å². The van der Waals surface area contributed by atoms with Crippen LogP contribution in [0.25, 0.3) is 0 Å². The minimum Gasteiger partial charge on any atom is -0.450 e. The lowest BCUT2D eigenvalue weighted by Gasteiger charge is -2.05. The zero-order valence-electron chi connectivity index (χ0n) is 8.40. The molecule has 1 aromatic carbocycles. The van der Waals surface area contributed by atoms with E-state index in [4.69, 9.17) is 11.6 Å². The van der Waals surface area contributed by atoms with Gasteiger partial charge in [-0.25, -0.2) is 4.79 Å². The van der Waals surface area contributed by atoms with Crippen LogP contribution in [0.3, 0.4) is 0 Å². The van der Waals surface area contributed by atoms with Crippen LogP contribution in [0.5, 0.6) is 0 Å². The number of halogens is 1. The number of benzene rings is 1. The molecule has 0 heterocycles. The van der Waals surface area contributed by atoms with Crippen molar-refractivity contribution < 1.29 is 14.5 Å². The third-order valence-corrected chi connectivity index (χ3v) is 1.98. The lowest BCUT2D eigenvalue weighted by molar-refractivity contribution is -0.384. The molecule has 0 aliphatic rings. The highest BCUT2D eigenvalue weighted by Crippen LogP contribution is 2.27. The predicted molar refractivity (Wildman–Crippen MR) is 58.8 cm³/mol. The van der Waals surface area contributed by atoms with Crippen molar-refractivity contribution in [3.8, 4) is 0 Å². The molecule has 0 saturated heterocycles. The Morgan fingerprint density at radius 2 is 2.31 bits per heavy atom. The normalized spacial score (nSPS) is 9.62. The first-order chi connectivity index (χ1) is 7.54. The van der Waals surface area contributed by atoms with Gasteiger partial charge in [-0.15, -0.1) is 0 Å². The van der Waals surface area contributed by atoms with Gasteiger partial charge in [0.2, 0.25) is 0 Å². The van der Waals surface area contributed by atoms with E-state index in [-0.39, 0.29) is 23.0 Å². The summed E-state index contributed by atoms with van der Waals surface area (Å²) in [6.07, 6.45) is -0.667. The molecule has 0 bridgehead atoms. The van der Waals surface area contributed by atoms with Crippen molar-refractivity contribution in [2.24, 2.45) is 0 Å². The molecular formula is C9H9ClN2O4. The average molecular weight is 245 g/mol. The van der Waals surface area contributed by atoms with E-state index in [0.29, 0.717) is 0 Å². The third-order valence-electron chi connectivity index (χ3n) is 1.66. The molecule has 0 atom stereocenters. The first kappa shape index (κ1) is 12.3. The van der Waals surface area contributed by atoms with Gasteiger partial charge in [-0.05, 0) is 19.1 Å². The summed E-state index contributed by atoms with van der Waals surface area (Å²) in [5, 5.41) is 12.9. The van der Waals surface area contributed by atoms with E-state index in [0.717, 1.165) is 0 Å². The van der Waals surface area contributed by atoms with Crippen LogP contribution in [0, 0.1) is 10.1 Å². The second-order valence-electron chi connectivity index (χ2n) is 2.77. The summed E-state index contributed by atoms with van der Waals surface area (Å²) in [5.74, 6) is 0. The molecule has 0 unspecified atom stereocenters. The summed E-state index contributed by atoms with van der Waals surface area (Å²) in [6, 6.07) is 3.95. The molecule has 1 amide bonds. The molecule has 1 rings (SSSR count). The molecule has 0 aliphatic heterocycles. The van der Waals surface area contributed by atoms with E-state index in [1.165, 1.54) is 18.2 Å². The van der Waals surface area contributed by atoms with Gasteiger partial charge in [0, 0.05) is 6.07 Å². The summed E-state index contributed by atoms with van der Waals surface area (Å²) in [7, 11) is 0. The summed E-state index contributed by atoms with van der Waals surface area (Å²) < 4.78 is 4.62. The molecule has 0 radical (unpaired) electrons. The quantitative estimate of drug-likeness (QED) is 0.655. The zero-order chi connectivity index (χ0) is 12.1. The van der Waals surface area contributed by atoms with E-state index in [2.05, 4.69) is 10.1 Å². The monoisotopic (exact) mass is 244 g/mol. The lowest BCUT2D eigenvalue weighted by Crippen LogP contribution is -2.13. The number of nitrogens with one attached hydrogen (secondary N) is 1. The molecule has 86 valence electrons. The smallest absolute Gasteiger partial charge is 0.411 e. The number of hydrogen-bond donors (Lipinski definition) is 1. The lowest BCUT2D eigenvalue weighted by atomic mass is 10.3. The van der Waals surface area contributed by atoms with Crippen molar-refractivity contribution in [2.75, 3.05) is 11.9 Å². The Labute approximate surface area is 96.3 Å². The molecule has 6 nitrogen and oxygen atoms in total. The van der Waals surface area contributed by atoms with Crippen molar-refractivity contribution in [3.63, 3.8) is 0 Å². The number of anilines is 1. The van der Waals surface area contributed by atoms with Gasteiger partial charge in [-0.1, -0.05) is 11.6 Å². The summed E-state index contributed by atoms with van der Waals surface area (Å²) in [6.45, 7) is 1.88. The highest BCUT2D eigenvalue weighted by Gasteiger charge is 2.13. The minimum absolute atomic E-state index is 0.0133. The van der Waals surface area contributed by atoms with Crippen molar-refractivity contribution >= 4 is 29.1 Å². The average Bonchev–Trinajstić information content (AvgIpc) is 2.21. The number of nitro groups is 1. The fraction of sp³-hybridized carbons (Fsp3) is 0.222. The summed E-state index contributed by atoms with van der Waals surface area (Å²) in [5.41, 5.74) is -0.00878. The molecule has 1 N–H and O–H groups in total. The number of hydrogen-bond acceptors (Lipinski definition) is 4. The van der Waals surface area contributed by atoms with Crippen molar-refractivity contribution in [3.05, 3.63) is 33.3 Å². The predicted octanol–water partition coefficient (Wildman–Crippen LogP) is 2.82. The van der Waals surface area contributed by atoms with E-state index in [1.54, 1.807) is 6.92 Å². The highest BCUT2D eigenvalue weighted by atomic mass is 35.5. The van der Waals surface area contributed by atoms with E-state index in [9.17, 15) is 14.9 Å². The fourth-order valence-corrected chi connectivity index (χ4v) is 1.20. The van der Waals surface area contributed by atoms with E-state index < -0.39 is 11.0 Å². The minimum atomic E-state index is -0.667. The number of nitro benzene ring substituents is 1. The second kappa shape index (κ2) is 5.32. The Hall–Kier alpha value is -1.82. The van der Waals surface area contributed by atoms with Gasteiger partial charge in [0.05, 0.1) is 17.2 Å². The number of carbonyl (C=O) groups is 1. The first-order valence-corrected chi connectivity index (χ1v) is 4.80. The molecule has 0 aliphatic carbocycles. The van der Waals surface area contributed by atoms with Crippen LogP contribution in [0.15, 0.2) is 18.2 Å². The SMILES string of the molecule is CCOC(=O)Nc1ccc(Cl)c([N+](=O)[O-])c1. The van der Waals surface area contributed by atoms with Crippen LogP contribution in [-0.2, 0) is 4.74 Å². The fourth-order valence-electron chi connectivity index (χ4n) is 1.02. The third kappa shape index (κ3) is 3.09. The number of amides is 1. The van der Waals surface area contributed by atoms with Crippen molar-refractivity contribution in [2.45, 2.75) is 6.92 Å². The topological polar surface area (TPSA) is 81.5 Å². The van der Waals surface area contributed by atoms with Crippen LogP contribution < -0.4 is 5.32 Å². The van der Waals surface area contributed by atoms with Crippen LogP contribution >= 0.6 is 11.6 Å². The molecule has 0 spiro atoms. The van der Waals surface area contributed by atoms with Crippen molar-refractivity contribution in [1.29, 1.82) is 0 Å². The number of ether oxygens (including phenoxy) is 1. The van der Waals surface area contributed by atoms with Gasteiger partial charge >= 0.3 is 6.09 Å². The standard InChI is InChI=1S/C9H9ClN2O4/c1-2-16-9(13)11-6-3-4-7(10)8(5-6)12(14)15/h3-5H,2H2,1H3,(H,11,13). The molecule has 0 saturated carbocycles. The number of nitrogens with zero attached hydrogens (tertiary/aromatic N) is 1. The zero-order valence-corrected chi connectivity index (χ0v) is 9.15.